The second-order valence-electron chi connectivity index (χ2n) is 18.4. The van der Waals surface area contributed by atoms with Gasteiger partial charge in [0.1, 0.15) is 18.5 Å². The lowest BCUT2D eigenvalue weighted by Crippen LogP contribution is -2.48. The van der Waals surface area contributed by atoms with Crippen molar-refractivity contribution in [3.05, 3.63) is 0 Å². The molecule has 0 saturated carbocycles. The molecule has 0 radical (unpaired) electrons. The Kier molecular flexibility index (Phi) is 25.9. The summed E-state index contributed by atoms with van der Waals surface area (Å²) in [5.74, 6) is 4.88. The Labute approximate surface area is 310 Å². The molecule has 0 spiro atoms. The van der Waals surface area contributed by atoms with Crippen molar-refractivity contribution in [2.45, 2.75) is 140 Å². The zero-order chi connectivity index (χ0) is 37.6. The monoisotopic (exact) mass is 718 g/mol. The van der Waals surface area contributed by atoms with Gasteiger partial charge in [-0.05, 0) is 120 Å². The van der Waals surface area contributed by atoms with Gasteiger partial charge in [0.2, 0.25) is 0 Å². The molecule has 2 atom stereocenters. The van der Waals surface area contributed by atoms with Gasteiger partial charge in [-0.3, -0.25) is 4.90 Å². The van der Waals surface area contributed by atoms with E-state index in [1.165, 1.54) is 71.4 Å². The number of rotatable bonds is 14. The normalized spacial score (nSPS) is 23.8. The van der Waals surface area contributed by atoms with Gasteiger partial charge in [0.05, 0.1) is 0 Å². The highest BCUT2D eigenvalue weighted by Gasteiger charge is 2.25. The highest BCUT2D eigenvalue weighted by atomic mass is 19.1. The molecule has 2 unspecified atom stereocenters. The molecule has 50 heavy (non-hydrogen) atoms. The van der Waals surface area contributed by atoms with Gasteiger partial charge >= 0.3 is 0 Å². The predicted octanol–water partition coefficient (Wildman–Crippen LogP) is 9.17. The van der Waals surface area contributed by atoms with Crippen LogP contribution in [0.25, 0.3) is 0 Å². The maximum Gasteiger partial charge on any atom is 0.125 e. The van der Waals surface area contributed by atoms with E-state index in [0.717, 1.165) is 75.2 Å². The number of likely N-dealkylation sites (tertiary alicyclic amines) is 5. The zero-order valence-corrected chi connectivity index (χ0v) is 35.1. The Hall–Kier alpha value is -0.410. The Morgan fingerprint density at radius 2 is 0.780 bits per heavy atom. The molecule has 0 aliphatic carbocycles. The van der Waals surface area contributed by atoms with Crippen LogP contribution < -0.4 is 0 Å². The highest BCUT2D eigenvalue weighted by molar-refractivity contribution is 4.79. The second kappa shape index (κ2) is 27.2. The minimum absolute atomic E-state index is 0.535. The molecule has 0 aromatic carbocycles. The van der Waals surface area contributed by atoms with Gasteiger partial charge in [0, 0.05) is 58.9 Å². The zero-order valence-electron chi connectivity index (χ0n) is 35.1. The minimum Gasteiger partial charge on any atom is -0.303 e. The van der Waals surface area contributed by atoms with E-state index < -0.39 is 18.5 Å². The molecule has 5 aliphatic rings. The number of halogens is 3. The Balaban J connectivity index is 0.000000313. The molecule has 5 nitrogen and oxygen atoms in total. The molecule has 5 rings (SSSR count). The van der Waals surface area contributed by atoms with Crippen LogP contribution in [0.5, 0.6) is 0 Å². The third kappa shape index (κ3) is 25.5. The van der Waals surface area contributed by atoms with Gasteiger partial charge in [-0.2, -0.15) is 0 Å². The van der Waals surface area contributed by atoms with Gasteiger partial charge in [-0.1, -0.05) is 76.2 Å². The molecular weight excluding hydrogens is 631 g/mol. The summed E-state index contributed by atoms with van der Waals surface area (Å²) in [6, 6.07) is 0. The van der Waals surface area contributed by atoms with Crippen molar-refractivity contribution in [3.63, 3.8) is 0 Å². The highest BCUT2D eigenvalue weighted by Crippen LogP contribution is 2.17. The summed E-state index contributed by atoms with van der Waals surface area (Å²) in [7, 11) is 0. The van der Waals surface area contributed by atoms with Crippen LogP contribution in [-0.4, -0.2) is 141 Å². The number of nitrogens with zero attached hydrogens (tertiary/aromatic N) is 5. The lowest BCUT2D eigenvalue weighted by atomic mass is 10.0. The first-order valence-corrected chi connectivity index (χ1v) is 21.1. The molecule has 0 bridgehead atoms. The molecule has 0 aromatic rings. The average molecular weight is 718 g/mol. The molecule has 5 heterocycles. The maximum absolute atomic E-state index is 12.7. The molecule has 5 aliphatic heterocycles. The summed E-state index contributed by atoms with van der Waals surface area (Å²) in [5.41, 5.74) is 0. The van der Waals surface area contributed by atoms with Crippen LogP contribution in [0.3, 0.4) is 0 Å². The van der Waals surface area contributed by atoms with Crippen molar-refractivity contribution in [3.8, 4) is 0 Å². The van der Waals surface area contributed by atoms with Gasteiger partial charge in [0.25, 0.3) is 0 Å². The van der Waals surface area contributed by atoms with Gasteiger partial charge < -0.3 is 19.6 Å². The maximum atomic E-state index is 12.7. The quantitative estimate of drug-likeness (QED) is 0.178. The molecule has 8 heteroatoms. The van der Waals surface area contributed by atoms with E-state index in [2.05, 4.69) is 101 Å². The molecule has 5 fully saturated rings. The molecule has 5 saturated heterocycles. The number of hydrogen-bond acceptors (Lipinski definition) is 5. The van der Waals surface area contributed by atoms with Crippen LogP contribution in [0.4, 0.5) is 13.2 Å². The van der Waals surface area contributed by atoms with E-state index in [1.807, 2.05) is 0 Å². The summed E-state index contributed by atoms with van der Waals surface area (Å²) in [6.07, 6.45) is 6.42. The van der Waals surface area contributed by atoms with Crippen molar-refractivity contribution < 1.29 is 13.2 Å². The molecule has 0 aromatic heterocycles. The fourth-order valence-corrected chi connectivity index (χ4v) is 6.52. The van der Waals surface area contributed by atoms with Crippen molar-refractivity contribution in [2.24, 2.45) is 35.5 Å². The van der Waals surface area contributed by atoms with E-state index >= 15 is 0 Å². The summed E-state index contributed by atoms with van der Waals surface area (Å²) in [5, 5.41) is 0. The van der Waals surface area contributed by atoms with Crippen LogP contribution in [0, 0.1) is 35.5 Å². The first-order chi connectivity index (χ1) is 23.5. The third-order valence-electron chi connectivity index (χ3n) is 10.1. The van der Waals surface area contributed by atoms with E-state index in [1.54, 1.807) is 0 Å². The van der Waals surface area contributed by atoms with E-state index in [0.29, 0.717) is 32.1 Å². The van der Waals surface area contributed by atoms with Crippen LogP contribution in [-0.2, 0) is 0 Å². The van der Waals surface area contributed by atoms with Crippen LogP contribution in [0.1, 0.15) is 121 Å². The van der Waals surface area contributed by atoms with Crippen LogP contribution >= 0.6 is 0 Å². The Morgan fingerprint density at radius 1 is 0.420 bits per heavy atom. The topological polar surface area (TPSA) is 16.2 Å². The molecule has 300 valence electrons. The number of alkyl halides is 3. The van der Waals surface area contributed by atoms with Crippen molar-refractivity contribution in [1.29, 1.82) is 0 Å². The van der Waals surface area contributed by atoms with Gasteiger partial charge in [-0.25, -0.2) is 13.2 Å². The lowest BCUT2D eigenvalue weighted by molar-refractivity contribution is 0.0619. The van der Waals surface area contributed by atoms with E-state index in [9.17, 15) is 13.2 Å². The fourth-order valence-electron chi connectivity index (χ4n) is 6.52. The molecule has 0 amide bonds. The van der Waals surface area contributed by atoms with Gasteiger partial charge in [0.15, 0.2) is 0 Å². The average Bonchev–Trinajstić information content (AvgIpc) is 3.57. The SMILES string of the molecule is CC(C)CCN1CC(C)C1.CC(C)CCN1CC(F)C1.CC(C)CCN1CCC(F)C1.CC(C)CCN1CCC1.CC(C)CN1CCC(F)C1. The molecular formula is C42H86F3N5. The fraction of sp³-hybridized carbons (Fsp3) is 1.00. The first-order valence-electron chi connectivity index (χ1n) is 21.1. The first kappa shape index (κ1) is 47.6. The minimum atomic E-state index is -0.557. The second-order valence-corrected chi connectivity index (χ2v) is 18.4. The summed E-state index contributed by atoms with van der Waals surface area (Å²) < 4.78 is 37.5. The predicted molar refractivity (Wildman–Crippen MR) is 213 cm³/mol. The standard InChI is InChI=1S/C9H18FN.C9H19N.2C8H16FN.C8H17N/c1-8(2)3-5-11-6-4-9(10)7-11;1-8(2)4-5-10-6-9(3)7-10;1-7(2)5-10-4-3-8(9)6-10;1-7(2)3-4-10-5-8(9)6-10;1-8(2)4-7-9-5-3-6-9/h8-9H,3-7H2,1-2H3;8-9H,4-7H2,1-3H3;2*7-8H,3-6H2,1-2H3;8H,3-7H2,1-2H3. The summed E-state index contributed by atoms with van der Waals surface area (Å²) in [4.78, 5) is 11.7. The van der Waals surface area contributed by atoms with Crippen molar-refractivity contribution in [2.75, 3.05) is 98.2 Å². The lowest BCUT2D eigenvalue weighted by Gasteiger charge is -2.37. The summed E-state index contributed by atoms with van der Waals surface area (Å²) in [6.45, 7) is 40.5. The summed E-state index contributed by atoms with van der Waals surface area (Å²) >= 11 is 0. The third-order valence-corrected chi connectivity index (χ3v) is 10.1. The Morgan fingerprint density at radius 3 is 1.08 bits per heavy atom. The van der Waals surface area contributed by atoms with Crippen molar-refractivity contribution in [1.82, 2.24) is 24.5 Å². The van der Waals surface area contributed by atoms with Crippen molar-refractivity contribution >= 4 is 0 Å². The van der Waals surface area contributed by atoms with Crippen LogP contribution in [0.2, 0.25) is 0 Å². The smallest absolute Gasteiger partial charge is 0.125 e. The van der Waals surface area contributed by atoms with E-state index in [4.69, 9.17) is 0 Å². The van der Waals surface area contributed by atoms with E-state index in [-0.39, 0.29) is 0 Å². The Bertz CT molecular complexity index is 755. The largest absolute Gasteiger partial charge is 0.303 e. The van der Waals surface area contributed by atoms with Gasteiger partial charge in [-0.15, -0.1) is 0 Å². The van der Waals surface area contributed by atoms with Crippen LogP contribution in [0.15, 0.2) is 0 Å². The molecule has 0 N–H and O–H groups in total. The number of hydrogen-bond donors (Lipinski definition) is 0.